The summed E-state index contributed by atoms with van der Waals surface area (Å²) < 4.78 is 22.4. The van der Waals surface area contributed by atoms with Crippen molar-refractivity contribution in [1.82, 2.24) is 14.9 Å². The summed E-state index contributed by atoms with van der Waals surface area (Å²) in [7, 11) is 1.53. The maximum atomic E-state index is 8.99. The van der Waals surface area contributed by atoms with Crippen molar-refractivity contribution >= 4 is 0 Å². The molecule has 8 heteroatoms. The van der Waals surface area contributed by atoms with Gasteiger partial charge < -0.3 is 18.9 Å². The van der Waals surface area contributed by atoms with Gasteiger partial charge in [-0.15, -0.1) is 0 Å². The molecule has 2 aliphatic rings. The number of methoxy groups -OCH3 is 1. The summed E-state index contributed by atoms with van der Waals surface area (Å²) in [6.45, 7) is 4.76. The lowest BCUT2D eigenvalue weighted by Gasteiger charge is -2.31. The molecule has 29 heavy (non-hydrogen) atoms. The van der Waals surface area contributed by atoms with Gasteiger partial charge in [0.2, 0.25) is 0 Å². The minimum Gasteiger partial charge on any atom is -0.491 e. The SMILES string of the molecule is COc1cc(C#N)cnc1OC1=CCN(C(C)c2ccc3c(n2)OCCO3)CC1. The molecule has 2 aromatic rings. The predicted molar refractivity (Wildman–Crippen MR) is 104 cm³/mol. The van der Waals surface area contributed by atoms with E-state index < -0.39 is 0 Å². The van der Waals surface area contributed by atoms with Crippen LogP contribution in [0.25, 0.3) is 0 Å². The van der Waals surface area contributed by atoms with Gasteiger partial charge >= 0.3 is 0 Å². The third-order valence-electron chi connectivity index (χ3n) is 5.00. The fourth-order valence-corrected chi connectivity index (χ4v) is 3.32. The van der Waals surface area contributed by atoms with Crippen LogP contribution in [0.4, 0.5) is 0 Å². The third-order valence-corrected chi connectivity index (χ3v) is 5.00. The molecule has 0 N–H and O–H groups in total. The summed E-state index contributed by atoms with van der Waals surface area (Å²) in [6, 6.07) is 7.70. The van der Waals surface area contributed by atoms with E-state index in [2.05, 4.69) is 21.8 Å². The Hall–Kier alpha value is -3.31. The second-order valence-electron chi connectivity index (χ2n) is 6.77. The number of ether oxygens (including phenoxy) is 4. The monoisotopic (exact) mass is 394 g/mol. The van der Waals surface area contributed by atoms with Crippen LogP contribution in [0, 0.1) is 11.3 Å². The molecular formula is C21H22N4O4. The Morgan fingerprint density at radius 3 is 2.90 bits per heavy atom. The van der Waals surface area contributed by atoms with Crippen LogP contribution >= 0.6 is 0 Å². The molecule has 8 nitrogen and oxygen atoms in total. The highest BCUT2D eigenvalue weighted by Crippen LogP contribution is 2.32. The maximum Gasteiger partial charge on any atom is 0.262 e. The molecule has 4 rings (SSSR count). The zero-order chi connectivity index (χ0) is 20.2. The van der Waals surface area contributed by atoms with E-state index in [1.807, 2.05) is 24.3 Å². The topological polar surface area (TPSA) is 89.7 Å². The van der Waals surface area contributed by atoms with E-state index in [0.29, 0.717) is 42.0 Å². The van der Waals surface area contributed by atoms with E-state index in [4.69, 9.17) is 24.2 Å². The molecule has 1 atom stereocenters. The minimum absolute atomic E-state index is 0.131. The number of aromatic nitrogens is 2. The first kappa shape index (κ1) is 19.0. The molecule has 0 bridgehead atoms. The first-order chi connectivity index (χ1) is 14.2. The van der Waals surface area contributed by atoms with Crippen LogP contribution in [0.1, 0.15) is 30.6 Å². The van der Waals surface area contributed by atoms with Crippen molar-refractivity contribution in [3.8, 4) is 29.3 Å². The average molecular weight is 394 g/mol. The summed E-state index contributed by atoms with van der Waals surface area (Å²) >= 11 is 0. The molecule has 0 amide bonds. The Kier molecular flexibility index (Phi) is 5.49. The number of nitriles is 1. The van der Waals surface area contributed by atoms with Gasteiger partial charge in [0.05, 0.1) is 18.4 Å². The van der Waals surface area contributed by atoms with Gasteiger partial charge in [0.1, 0.15) is 25.0 Å². The summed E-state index contributed by atoms with van der Waals surface area (Å²) in [4.78, 5) is 11.1. The second-order valence-corrected chi connectivity index (χ2v) is 6.77. The highest BCUT2D eigenvalue weighted by Gasteiger charge is 2.23. The maximum absolute atomic E-state index is 8.99. The summed E-state index contributed by atoms with van der Waals surface area (Å²) in [6.07, 6.45) is 4.25. The van der Waals surface area contributed by atoms with Crippen LogP contribution in [-0.4, -0.2) is 48.3 Å². The minimum atomic E-state index is 0.131. The van der Waals surface area contributed by atoms with Gasteiger partial charge in [0, 0.05) is 37.8 Å². The highest BCUT2D eigenvalue weighted by atomic mass is 16.6. The van der Waals surface area contributed by atoms with Crippen molar-refractivity contribution in [2.24, 2.45) is 0 Å². The van der Waals surface area contributed by atoms with Crippen molar-refractivity contribution < 1.29 is 18.9 Å². The Morgan fingerprint density at radius 1 is 1.28 bits per heavy atom. The lowest BCUT2D eigenvalue weighted by atomic mass is 10.1. The molecule has 0 aliphatic carbocycles. The number of hydrogen-bond acceptors (Lipinski definition) is 8. The van der Waals surface area contributed by atoms with Crippen molar-refractivity contribution in [1.29, 1.82) is 5.26 Å². The van der Waals surface area contributed by atoms with E-state index >= 15 is 0 Å². The largest absolute Gasteiger partial charge is 0.491 e. The van der Waals surface area contributed by atoms with Crippen molar-refractivity contribution in [3.63, 3.8) is 0 Å². The molecule has 0 radical (unpaired) electrons. The van der Waals surface area contributed by atoms with Crippen LogP contribution < -0.4 is 18.9 Å². The van der Waals surface area contributed by atoms with Crippen molar-refractivity contribution in [3.05, 3.63) is 47.5 Å². The third kappa shape index (κ3) is 4.10. The molecule has 2 aromatic heterocycles. The molecular weight excluding hydrogens is 372 g/mol. The van der Waals surface area contributed by atoms with Gasteiger partial charge in [-0.1, -0.05) is 0 Å². The van der Waals surface area contributed by atoms with Crippen LogP contribution in [0.5, 0.6) is 23.3 Å². The standard InChI is InChI=1S/C21H22N4O4/c1-14(17-3-4-18-21(24-17)28-10-9-27-18)25-7-5-16(6-8-25)29-20-19(26-2)11-15(12-22)13-23-20/h3-5,11,13-14H,6-10H2,1-2H3. The van der Waals surface area contributed by atoms with E-state index in [-0.39, 0.29) is 6.04 Å². The van der Waals surface area contributed by atoms with Crippen LogP contribution in [-0.2, 0) is 0 Å². The predicted octanol–water partition coefficient (Wildman–Crippen LogP) is 2.86. The molecule has 0 saturated heterocycles. The molecule has 2 aliphatic heterocycles. The lowest BCUT2D eigenvalue weighted by molar-refractivity contribution is 0.160. The molecule has 150 valence electrons. The number of pyridine rings is 2. The van der Waals surface area contributed by atoms with E-state index in [1.54, 1.807) is 6.07 Å². The van der Waals surface area contributed by atoms with Crippen molar-refractivity contribution in [2.45, 2.75) is 19.4 Å². The van der Waals surface area contributed by atoms with Gasteiger partial charge in [0.25, 0.3) is 11.8 Å². The number of fused-ring (bicyclic) bond motifs is 1. The zero-order valence-electron chi connectivity index (χ0n) is 16.4. The van der Waals surface area contributed by atoms with Crippen molar-refractivity contribution in [2.75, 3.05) is 33.4 Å². The smallest absolute Gasteiger partial charge is 0.262 e. The zero-order valence-corrected chi connectivity index (χ0v) is 16.4. The number of rotatable bonds is 5. The summed E-state index contributed by atoms with van der Waals surface area (Å²) in [5.74, 6) is 2.91. The molecule has 0 spiro atoms. The summed E-state index contributed by atoms with van der Waals surface area (Å²) in [5.41, 5.74) is 1.38. The first-order valence-corrected chi connectivity index (χ1v) is 9.49. The van der Waals surface area contributed by atoms with Gasteiger partial charge in [-0.25, -0.2) is 9.97 Å². The van der Waals surface area contributed by atoms with Crippen LogP contribution in [0.15, 0.2) is 36.2 Å². The normalized spacial score (nSPS) is 17.1. The van der Waals surface area contributed by atoms with E-state index in [1.165, 1.54) is 13.3 Å². The lowest BCUT2D eigenvalue weighted by Crippen LogP contribution is -2.33. The van der Waals surface area contributed by atoms with Gasteiger partial charge in [-0.3, -0.25) is 4.90 Å². The Morgan fingerprint density at radius 2 is 2.14 bits per heavy atom. The number of nitrogens with zero attached hydrogens (tertiary/aromatic N) is 4. The van der Waals surface area contributed by atoms with Crippen LogP contribution in [0.3, 0.4) is 0 Å². The number of hydrogen-bond donors (Lipinski definition) is 0. The quantitative estimate of drug-likeness (QED) is 0.765. The molecule has 0 saturated carbocycles. The fraction of sp³-hybridized carbons (Fsp3) is 0.381. The Balaban J connectivity index is 1.42. The Bertz CT molecular complexity index is 970. The van der Waals surface area contributed by atoms with Gasteiger partial charge in [0.15, 0.2) is 11.5 Å². The van der Waals surface area contributed by atoms with Gasteiger partial charge in [-0.05, 0) is 25.1 Å². The molecule has 0 aromatic carbocycles. The highest BCUT2D eigenvalue weighted by molar-refractivity contribution is 5.41. The van der Waals surface area contributed by atoms with E-state index in [0.717, 1.165) is 31.0 Å². The fourth-order valence-electron chi connectivity index (χ4n) is 3.32. The van der Waals surface area contributed by atoms with E-state index in [9.17, 15) is 0 Å². The molecule has 0 fully saturated rings. The molecule has 1 unspecified atom stereocenters. The van der Waals surface area contributed by atoms with Crippen LogP contribution in [0.2, 0.25) is 0 Å². The Labute approximate surface area is 169 Å². The first-order valence-electron chi connectivity index (χ1n) is 9.49. The van der Waals surface area contributed by atoms with Gasteiger partial charge in [-0.2, -0.15) is 5.26 Å². The molecule has 4 heterocycles. The average Bonchev–Trinajstić information content (AvgIpc) is 2.79. The summed E-state index contributed by atoms with van der Waals surface area (Å²) in [5, 5.41) is 8.99. The second kappa shape index (κ2) is 8.37.